The van der Waals surface area contributed by atoms with Gasteiger partial charge >= 0.3 is 5.97 Å². The van der Waals surface area contributed by atoms with Crippen molar-refractivity contribution in [3.63, 3.8) is 0 Å². The fraction of sp³-hybridized carbons (Fsp3) is 0.360. The highest BCUT2D eigenvalue weighted by atomic mass is 32.1. The lowest BCUT2D eigenvalue weighted by Gasteiger charge is -2.30. The molecule has 10 heteroatoms. The lowest BCUT2D eigenvalue weighted by atomic mass is 10.1. The van der Waals surface area contributed by atoms with Crippen LogP contribution in [0.15, 0.2) is 54.6 Å². The van der Waals surface area contributed by atoms with Crippen LogP contribution in [-0.4, -0.2) is 85.2 Å². The van der Waals surface area contributed by atoms with Crippen molar-refractivity contribution >= 4 is 46.5 Å². The number of amides is 2. The molecule has 184 valence electrons. The molecule has 2 heterocycles. The van der Waals surface area contributed by atoms with Gasteiger partial charge in [-0.3, -0.25) is 19.4 Å². The van der Waals surface area contributed by atoms with Crippen molar-refractivity contribution in [2.24, 2.45) is 0 Å². The Morgan fingerprint density at radius 1 is 1.06 bits per heavy atom. The maximum Gasteiger partial charge on any atom is 0.337 e. The number of nitrogens with one attached hydrogen (secondary N) is 1. The van der Waals surface area contributed by atoms with Gasteiger partial charge in [0.2, 0.25) is 5.91 Å². The van der Waals surface area contributed by atoms with E-state index in [0.717, 1.165) is 13.1 Å². The molecular weight excluding hydrogens is 468 g/mol. The third-order valence-electron chi connectivity index (χ3n) is 6.06. The summed E-state index contributed by atoms with van der Waals surface area (Å²) in [4.78, 5) is 43.6. The van der Waals surface area contributed by atoms with Gasteiger partial charge in [-0.25, -0.2) is 4.79 Å². The number of esters is 1. The molecule has 2 fully saturated rings. The number of rotatable bonds is 8. The van der Waals surface area contributed by atoms with Crippen molar-refractivity contribution in [2.45, 2.75) is 12.5 Å². The lowest BCUT2D eigenvalue weighted by Crippen LogP contribution is -2.45. The first-order valence-electron chi connectivity index (χ1n) is 11.5. The topological polar surface area (TPSA) is 91.4 Å². The Hall–Kier alpha value is -3.34. The second-order valence-electron chi connectivity index (χ2n) is 8.28. The van der Waals surface area contributed by atoms with Gasteiger partial charge in [0.1, 0.15) is 6.04 Å². The van der Waals surface area contributed by atoms with Gasteiger partial charge < -0.3 is 19.7 Å². The summed E-state index contributed by atoms with van der Waals surface area (Å²) in [6.07, 6.45) is -0.0514. The third-order valence-corrected chi connectivity index (χ3v) is 6.48. The number of anilines is 2. The fourth-order valence-electron chi connectivity index (χ4n) is 4.17. The van der Waals surface area contributed by atoms with Gasteiger partial charge in [-0.05, 0) is 48.6 Å². The molecule has 2 aromatic carbocycles. The van der Waals surface area contributed by atoms with Gasteiger partial charge in [-0.2, -0.15) is 0 Å². The highest BCUT2D eigenvalue weighted by Gasteiger charge is 2.44. The molecule has 0 aliphatic carbocycles. The molecular formula is C25H28N4O5S. The zero-order chi connectivity index (χ0) is 24.8. The first kappa shape index (κ1) is 24.8. The number of thiocarbonyl (C=S) groups is 1. The first-order valence-corrected chi connectivity index (χ1v) is 11.9. The third kappa shape index (κ3) is 5.84. The predicted molar refractivity (Wildman–Crippen MR) is 135 cm³/mol. The number of carbonyl (C=O) groups excluding carboxylic acids is 3. The monoisotopic (exact) mass is 496 g/mol. The van der Waals surface area contributed by atoms with Crippen LogP contribution in [0.3, 0.4) is 0 Å². The molecule has 2 amide bonds. The van der Waals surface area contributed by atoms with Crippen molar-refractivity contribution in [2.75, 3.05) is 56.7 Å². The summed E-state index contributed by atoms with van der Waals surface area (Å²) in [5.74, 6) is -0.993. The van der Waals surface area contributed by atoms with Crippen molar-refractivity contribution in [1.82, 2.24) is 9.80 Å². The molecule has 2 saturated heterocycles. The molecule has 1 atom stereocenters. The van der Waals surface area contributed by atoms with E-state index in [4.69, 9.17) is 21.7 Å². The van der Waals surface area contributed by atoms with E-state index < -0.39 is 12.0 Å². The molecule has 4 rings (SSSR count). The Balaban J connectivity index is 1.47. The SMILES string of the molecule is COC(=O)c1ccc(NC(=O)C[C@H]2C(=O)N(c3ccccc3)C(=S)N2CCN2CCOCC2)cc1. The molecule has 2 aliphatic rings. The van der Waals surface area contributed by atoms with Crippen LogP contribution in [0.25, 0.3) is 0 Å². The average molecular weight is 497 g/mol. The first-order chi connectivity index (χ1) is 17.0. The Bertz CT molecular complexity index is 1070. The Kier molecular flexibility index (Phi) is 8.06. The zero-order valence-corrected chi connectivity index (χ0v) is 20.3. The van der Waals surface area contributed by atoms with Crippen molar-refractivity contribution < 1.29 is 23.9 Å². The number of para-hydroxylation sites is 1. The number of morpholine rings is 1. The van der Waals surface area contributed by atoms with Gasteiger partial charge in [0.05, 0.1) is 38.0 Å². The smallest absolute Gasteiger partial charge is 0.337 e. The maximum atomic E-state index is 13.5. The molecule has 9 nitrogen and oxygen atoms in total. The van der Waals surface area contributed by atoms with Crippen LogP contribution in [0, 0.1) is 0 Å². The minimum absolute atomic E-state index is 0.0514. The second-order valence-corrected chi connectivity index (χ2v) is 8.64. The number of carbonyl (C=O) groups is 3. The number of hydrogen-bond acceptors (Lipinski definition) is 7. The van der Waals surface area contributed by atoms with E-state index in [1.54, 1.807) is 24.3 Å². The van der Waals surface area contributed by atoms with E-state index in [-0.39, 0.29) is 18.2 Å². The van der Waals surface area contributed by atoms with E-state index in [1.165, 1.54) is 12.0 Å². The van der Waals surface area contributed by atoms with Gasteiger partial charge in [0.25, 0.3) is 5.91 Å². The van der Waals surface area contributed by atoms with Crippen molar-refractivity contribution in [3.8, 4) is 0 Å². The van der Waals surface area contributed by atoms with Crippen LogP contribution in [0.2, 0.25) is 0 Å². The van der Waals surface area contributed by atoms with Gasteiger partial charge in [0, 0.05) is 31.9 Å². The largest absolute Gasteiger partial charge is 0.465 e. The average Bonchev–Trinajstić information content (AvgIpc) is 3.12. The normalized spacial score (nSPS) is 18.6. The number of nitrogens with zero attached hydrogens (tertiary/aromatic N) is 3. The molecule has 2 aromatic rings. The van der Waals surface area contributed by atoms with Crippen LogP contribution < -0.4 is 10.2 Å². The maximum absolute atomic E-state index is 13.5. The molecule has 0 bridgehead atoms. The molecule has 35 heavy (non-hydrogen) atoms. The molecule has 0 spiro atoms. The zero-order valence-electron chi connectivity index (χ0n) is 19.5. The Morgan fingerprint density at radius 3 is 2.40 bits per heavy atom. The summed E-state index contributed by atoms with van der Waals surface area (Å²) in [6, 6.07) is 14.9. The number of benzene rings is 2. The number of ether oxygens (including phenoxy) is 2. The summed E-state index contributed by atoms with van der Waals surface area (Å²) < 4.78 is 10.1. The molecule has 2 aliphatic heterocycles. The highest BCUT2D eigenvalue weighted by molar-refractivity contribution is 7.80. The minimum Gasteiger partial charge on any atom is -0.465 e. The van der Waals surface area contributed by atoms with Crippen LogP contribution in [0.1, 0.15) is 16.8 Å². The second kappa shape index (κ2) is 11.4. The Labute approximate surface area is 209 Å². The summed E-state index contributed by atoms with van der Waals surface area (Å²) >= 11 is 5.71. The number of hydrogen-bond donors (Lipinski definition) is 1. The molecule has 0 aromatic heterocycles. The predicted octanol–water partition coefficient (Wildman–Crippen LogP) is 2.14. The highest BCUT2D eigenvalue weighted by Crippen LogP contribution is 2.27. The van der Waals surface area contributed by atoms with E-state index >= 15 is 0 Å². The molecule has 0 saturated carbocycles. The summed E-state index contributed by atoms with van der Waals surface area (Å²) in [6.45, 7) is 4.25. The van der Waals surface area contributed by atoms with E-state index in [1.807, 2.05) is 35.2 Å². The lowest BCUT2D eigenvalue weighted by molar-refractivity contribution is -0.124. The van der Waals surface area contributed by atoms with Gasteiger partial charge in [-0.15, -0.1) is 0 Å². The van der Waals surface area contributed by atoms with Crippen molar-refractivity contribution in [1.29, 1.82) is 0 Å². The van der Waals surface area contributed by atoms with Crippen LogP contribution >= 0.6 is 12.2 Å². The molecule has 0 unspecified atom stereocenters. The van der Waals surface area contributed by atoms with E-state index in [0.29, 0.717) is 48.4 Å². The number of methoxy groups -OCH3 is 1. The van der Waals surface area contributed by atoms with E-state index in [2.05, 4.69) is 10.2 Å². The fourth-order valence-corrected chi connectivity index (χ4v) is 4.59. The molecule has 0 radical (unpaired) electrons. The van der Waals surface area contributed by atoms with Crippen LogP contribution in [0.4, 0.5) is 11.4 Å². The quantitative estimate of drug-likeness (QED) is 0.439. The summed E-state index contributed by atoms with van der Waals surface area (Å²) in [5, 5.41) is 3.21. The summed E-state index contributed by atoms with van der Waals surface area (Å²) in [7, 11) is 1.31. The van der Waals surface area contributed by atoms with Crippen LogP contribution in [0.5, 0.6) is 0 Å². The van der Waals surface area contributed by atoms with Crippen LogP contribution in [-0.2, 0) is 19.1 Å². The summed E-state index contributed by atoms with van der Waals surface area (Å²) in [5.41, 5.74) is 1.59. The standard InChI is InChI=1S/C25H28N4O5S/c1-33-24(32)18-7-9-19(10-8-18)26-22(30)17-21-23(31)29(20-5-3-2-4-6-20)25(35)28(21)12-11-27-13-15-34-16-14-27/h2-10,21H,11-17H2,1H3,(H,26,30)/t21-/m0/s1. The van der Waals surface area contributed by atoms with Gasteiger partial charge in [0.15, 0.2) is 5.11 Å². The van der Waals surface area contributed by atoms with Gasteiger partial charge in [-0.1, -0.05) is 18.2 Å². The van der Waals surface area contributed by atoms with Crippen molar-refractivity contribution in [3.05, 3.63) is 60.2 Å². The Morgan fingerprint density at radius 2 is 1.74 bits per heavy atom. The van der Waals surface area contributed by atoms with E-state index in [9.17, 15) is 14.4 Å². The molecule has 1 N–H and O–H groups in total. The minimum atomic E-state index is -0.710.